The SMILES string of the molecule is c1cncc(-c2cc(-c3cccnc3)cc(-c3ccc4c(c3)-c3ccc(-c5cccc6oc7ccccc7c56)cc3CSC4)c2)c1. The van der Waals surface area contributed by atoms with Gasteiger partial charge in [0, 0.05) is 58.2 Å². The molecule has 1 aliphatic rings. The Bertz CT molecular complexity index is 2340. The van der Waals surface area contributed by atoms with Crippen molar-refractivity contribution < 1.29 is 4.42 Å². The van der Waals surface area contributed by atoms with Crippen LogP contribution < -0.4 is 0 Å². The number of para-hydroxylation sites is 1. The molecular formula is C42H28N2OS. The Morgan fingerprint density at radius 1 is 0.457 bits per heavy atom. The molecule has 0 bridgehead atoms. The smallest absolute Gasteiger partial charge is 0.136 e. The van der Waals surface area contributed by atoms with Crippen molar-refractivity contribution in [1.29, 1.82) is 0 Å². The summed E-state index contributed by atoms with van der Waals surface area (Å²) in [5, 5.41) is 2.34. The molecule has 0 fully saturated rings. The van der Waals surface area contributed by atoms with Crippen molar-refractivity contribution in [2.45, 2.75) is 11.5 Å². The molecule has 0 atom stereocenters. The summed E-state index contributed by atoms with van der Waals surface area (Å²) in [6.07, 6.45) is 7.50. The Hall–Kier alpha value is -5.45. The van der Waals surface area contributed by atoms with Gasteiger partial charge in [-0.05, 0) is 110 Å². The zero-order valence-corrected chi connectivity index (χ0v) is 25.8. The topological polar surface area (TPSA) is 38.9 Å². The fraction of sp³-hybridized carbons (Fsp3) is 0.0476. The minimum atomic E-state index is 0.927. The maximum absolute atomic E-state index is 6.21. The third kappa shape index (κ3) is 4.70. The van der Waals surface area contributed by atoms with Crippen molar-refractivity contribution in [3.63, 3.8) is 0 Å². The molecule has 46 heavy (non-hydrogen) atoms. The molecule has 9 rings (SSSR count). The first-order valence-corrected chi connectivity index (χ1v) is 16.6. The molecule has 0 saturated carbocycles. The van der Waals surface area contributed by atoms with E-state index in [2.05, 4.69) is 107 Å². The number of benzene rings is 5. The minimum Gasteiger partial charge on any atom is -0.456 e. The van der Waals surface area contributed by atoms with Gasteiger partial charge in [-0.3, -0.25) is 9.97 Å². The van der Waals surface area contributed by atoms with Crippen LogP contribution in [0.15, 0.2) is 151 Å². The number of rotatable bonds is 4. The Kier molecular flexibility index (Phi) is 6.53. The molecule has 0 amide bonds. The lowest BCUT2D eigenvalue weighted by Gasteiger charge is -2.15. The molecule has 0 unspecified atom stereocenters. The average Bonchev–Trinajstić information content (AvgIpc) is 3.41. The van der Waals surface area contributed by atoms with E-state index in [0.29, 0.717) is 0 Å². The van der Waals surface area contributed by atoms with Crippen LogP contribution >= 0.6 is 11.8 Å². The van der Waals surface area contributed by atoms with E-state index in [1.54, 1.807) is 0 Å². The summed E-state index contributed by atoms with van der Waals surface area (Å²) in [7, 11) is 0. The molecular weight excluding hydrogens is 581 g/mol. The monoisotopic (exact) mass is 608 g/mol. The lowest BCUT2D eigenvalue weighted by Crippen LogP contribution is -1.92. The van der Waals surface area contributed by atoms with Crippen molar-refractivity contribution in [2.24, 2.45) is 0 Å². The first-order valence-electron chi connectivity index (χ1n) is 15.5. The second-order valence-electron chi connectivity index (χ2n) is 11.8. The molecule has 3 aromatic heterocycles. The van der Waals surface area contributed by atoms with Gasteiger partial charge in [0.2, 0.25) is 0 Å². The third-order valence-corrected chi connectivity index (χ3v) is 10.0. The Morgan fingerprint density at radius 3 is 1.91 bits per heavy atom. The van der Waals surface area contributed by atoms with E-state index in [9.17, 15) is 0 Å². The van der Waals surface area contributed by atoms with E-state index in [0.717, 1.165) is 50.3 Å². The number of furan rings is 1. The summed E-state index contributed by atoms with van der Waals surface area (Å²) < 4.78 is 6.21. The van der Waals surface area contributed by atoms with Crippen LogP contribution in [-0.4, -0.2) is 9.97 Å². The van der Waals surface area contributed by atoms with Gasteiger partial charge in [-0.1, -0.05) is 66.7 Å². The van der Waals surface area contributed by atoms with Crippen LogP contribution in [0.25, 0.3) is 77.6 Å². The highest BCUT2D eigenvalue weighted by Gasteiger charge is 2.19. The highest BCUT2D eigenvalue weighted by atomic mass is 32.2. The summed E-state index contributed by atoms with van der Waals surface area (Å²) >= 11 is 1.98. The Labute approximate surface area is 271 Å². The molecule has 0 N–H and O–H groups in total. The maximum Gasteiger partial charge on any atom is 0.136 e. The third-order valence-electron chi connectivity index (χ3n) is 8.99. The van der Waals surface area contributed by atoms with Crippen LogP contribution in [0.1, 0.15) is 11.1 Å². The number of nitrogens with zero attached hydrogens (tertiary/aromatic N) is 2. The van der Waals surface area contributed by atoms with Crippen LogP contribution in [0, 0.1) is 0 Å². The average molecular weight is 609 g/mol. The van der Waals surface area contributed by atoms with Crippen LogP contribution in [0.5, 0.6) is 0 Å². The second-order valence-corrected chi connectivity index (χ2v) is 12.8. The van der Waals surface area contributed by atoms with Crippen molar-refractivity contribution in [3.05, 3.63) is 157 Å². The van der Waals surface area contributed by atoms with E-state index < -0.39 is 0 Å². The molecule has 8 aromatic rings. The predicted octanol–water partition coefficient (Wildman–Crippen LogP) is 11.5. The highest BCUT2D eigenvalue weighted by Crippen LogP contribution is 2.43. The summed E-state index contributed by atoms with van der Waals surface area (Å²) in [4.78, 5) is 8.79. The molecule has 218 valence electrons. The van der Waals surface area contributed by atoms with Crippen LogP contribution in [0.3, 0.4) is 0 Å². The molecule has 0 spiro atoms. The first-order chi connectivity index (χ1) is 22.8. The summed E-state index contributed by atoms with van der Waals surface area (Å²) in [5.41, 5.74) is 16.5. The maximum atomic E-state index is 6.21. The minimum absolute atomic E-state index is 0.927. The number of pyridine rings is 2. The lowest BCUT2D eigenvalue weighted by atomic mass is 9.89. The van der Waals surface area contributed by atoms with E-state index >= 15 is 0 Å². The summed E-state index contributed by atoms with van der Waals surface area (Å²) in [6, 6.07) is 43.7. The van der Waals surface area contributed by atoms with Crippen LogP contribution in [0.4, 0.5) is 0 Å². The number of aromatic nitrogens is 2. The van der Waals surface area contributed by atoms with Gasteiger partial charge >= 0.3 is 0 Å². The van der Waals surface area contributed by atoms with E-state index in [1.165, 1.54) is 49.9 Å². The summed E-state index contributed by atoms with van der Waals surface area (Å²) in [5.74, 6) is 1.95. The number of thioether (sulfide) groups is 1. The van der Waals surface area contributed by atoms with E-state index in [4.69, 9.17) is 4.42 Å². The quantitative estimate of drug-likeness (QED) is 0.199. The second kappa shape index (κ2) is 11.2. The molecule has 0 aliphatic carbocycles. The van der Waals surface area contributed by atoms with Crippen molar-refractivity contribution in [3.8, 4) is 55.6 Å². The van der Waals surface area contributed by atoms with Crippen LogP contribution in [-0.2, 0) is 11.5 Å². The number of fused-ring (bicyclic) bond motifs is 6. The zero-order chi connectivity index (χ0) is 30.5. The van der Waals surface area contributed by atoms with Crippen LogP contribution in [0.2, 0.25) is 0 Å². The molecule has 1 aliphatic heterocycles. The highest BCUT2D eigenvalue weighted by molar-refractivity contribution is 7.97. The fourth-order valence-electron chi connectivity index (χ4n) is 6.76. The van der Waals surface area contributed by atoms with Gasteiger partial charge in [0.05, 0.1) is 0 Å². The molecule has 3 nitrogen and oxygen atoms in total. The van der Waals surface area contributed by atoms with Crippen molar-refractivity contribution in [2.75, 3.05) is 0 Å². The molecule has 4 heteroatoms. The van der Waals surface area contributed by atoms with Gasteiger partial charge in [-0.25, -0.2) is 0 Å². The molecule has 0 saturated heterocycles. The van der Waals surface area contributed by atoms with Crippen molar-refractivity contribution >= 4 is 33.7 Å². The normalized spacial score (nSPS) is 12.5. The predicted molar refractivity (Wildman–Crippen MR) is 191 cm³/mol. The summed E-state index contributed by atoms with van der Waals surface area (Å²) in [6.45, 7) is 0. The molecule has 0 radical (unpaired) electrons. The largest absolute Gasteiger partial charge is 0.456 e. The van der Waals surface area contributed by atoms with Gasteiger partial charge in [0.1, 0.15) is 11.2 Å². The van der Waals surface area contributed by atoms with Gasteiger partial charge in [0.25, 0.3) is 0 Å². The van der Waals surface area contributed by atoms with Gasteiger partial charge in [-0.2, -0.15) is 11.8 Å². The van der Waals surface area contributed by atoms with Gasteiger partial charge < -0.3 is 4.42 Å². The lowest BCUT2D eigenvalue weighted by molar-refractivity contribution is 0.669. The van der Waals surface area contributed by atoms with Gasteiger partial charge in [0.15, 0.2) is 0 Å². The number of hydrogen-bond acceptors (Lipinski definition) is 4. The zero-order valence-electron chi connectivity index (χ0n) is 25.0. The van der Waals surface area contributed by atoms with E-state index in [-0.39, 0.29) is 0 Å². The first kappa shape index (κ1) is 26.9. The number of hydrogen-bond donors (Lipinski definition) is 0. The van der Waals surface area contributed by atoms with Gasteiger partial charge in [-0.15, -0.1) is 0 Å². The Balaban J connectivity index is 1.17. The molecule has 4 heterocycles. The standard InChI is InChI=1S/C42H28N2OS/c1-2-10-40-38(8-1)42-37(9-3-11-41(42)45-40)28-14-15-36-35(18-28)26-46-25-31-13-12-27(22-39(31)36)32-19-33(29-6-4-16-43-23-29)21-34(20-32)30-7-5-17-44-24-30/h1-24H,25-26H2. The van der Waals surface area contributed by atoms with Crippen molar-refractivity contribution in [1.82, 2.24) is 9.97 Å². The molecule has 5 aromatic carbocycles. The Morgan fingerprint density at radius 2 is 1.15 bits per heavy atom. The fourth-order valence-corrected chi connectivity index (χ4v) is 7.79. The van der Waals surface area contributed by atoms with E-state index in [1.807, 2.05) is 60.8 Å².